The summed E-state index contributed by atoms with van der Waals surface area (Å²) in [6.45, 7) is 3.41. The van der Waals surface area contributed by atoms with Gasteiger partial charge in [-0.05, 0) is 49.5 Å². The highest BCUT2D eigenvalue weighted by atomic mass is 19.1. The van der Waals surface area contributed by atoms with Crippen LogP contribution in [0.3, 0.4) is 0 Å². The van der Waals surface area contributed by atoms with E-state index in [9.17, 15) is 9.18 Å². The molecular weight excluding hydrogens is 373 g/mol. The summed E-state index contributed by atoms with van der Waals surface area (Å²) in [5, 5.41) is 5.78. The van der Waals surface area contributed by atoms with Crippen LogP contribution in [0.4, 0.5) is 14.9 Å². The smallest absolute Gasteiger partial charge is 0.319 e. The highest BCUT2D eigenvalue weighted by Crippen LogP contribution is 2.25. The molecular formula is C22H28FN3O3. The van der Waals surface area contributed by atoms with Gasteiger partial charge in [0.2, 0.25) is 0 Å². The minimum Gasteiger partial charge on any atom is -0.497 e. The second-order valence-corrected chi connectivity index (χ2v) is 7.28. The lowest BCUT2D eigenvalue weighted by Gasteiger charge is -2.32. The van der Waals surface area contributed by atoms with E-state index >= 15 is 0 Å². The number of anilines is 1. The summed E-state index contributed by atoms with van der Waals surface area (Å²) in [5.41, 5.74) is 1.74. The third-order valence-corrected chi connectivity index (χ3v) is 5.19. The Labute approximate surface area is 171 Å². The van der Waals surface area contributed by atoms with Gasteiger partial charge >= 0.3 is 6.03 Å². The zero-order chi connectivity index (χ0) is 20.6. The number of urea groups is 1. The number of rotatable bonds is 7. The van der Waals surface area contributed by atoms with Crippen LogP contribution in [0.15, 0.2) is 42.5 Å². The molecule has 3 rings (SSSR count). The number of hydrogen-bond donors (Lipinski definition) is 2. The number of ether oxygens (including phenoxy) is 2. The highest BCUT2D eigenvalue weighted by molar-refractivity contribution is 5.89. The van der Waals surface area contributed by atoms with Crippen LogP contribution in [0, 0.1) is 11.7 Å². The van der Waals surface area contributed by atoms with Crippen LogP contribution in [-0.4, -0.2) is 44.8 Å². The van der Waals surface area contributed by atoms with E-state index in [1.165, 1.54) is 12.1 Å². The fraction of sp³-hybridized carbons (Fsp3) is 0.409. The fourth-order valence-electron chi connectivity index (χ4n) is 3.49. The summed E-state index contributed by atoms with van der Waals surface area (Å²) in [7, 11) is 3.14. The van der Waals surface area contributed by atoms with E-state index in [2.05, 4.69) is 15.5 Å². The lowest BCUT2D eigenvalue weighted by atomic mass is 9.96. The topological polar surface area (TPSA) is 62.8 Å². The first kappa shape index (κ1) is 20.9. The van der Waals surface area contributed by atoms with Crippen LogP contribution in [0.2, 0.25) is 0 Å². The number of halogens is 1. The van der Waals surface area contributed by atoms with Crippen LogP contribution in [-0.2, 0) is 6.54 Å². The normalized spacial score (nSPS) is 15.0. The Balaban J connectivity index is 1.41. The van der Waals surface area contributed by atoms with Gasteiger partial charge in [0.25, 0.3) is 0 Å². The summed E-state index contributed by atoms with van der Waals surface area (Å²) in [5.74, 6) is 1.48. The van der Waals surface area contributed by atoms with Gasteiger partial charge in [-0.1, -0.05) is 12.1 Å². The molecule has 2 aromatic carbocycles. The summed E-state index contributed by atoms with van der Waals surface area (Å²) in [6, 6.07) is 11.7. The average molecular weight is 401 g/mol. The third-order valence-electron chi connectivity index (χ3n) is 5.19. The Morgan fingerprint density at radius 2 is 1.69 bits per heavy atom. The van der Waals surface area contributed by atoms with Gasteiger partial charge in [-0.25, -0.2) is 9.18 Å². The number of nitrogens with zero attached hydrogens (tertiary/aromatic N) is 1. The molecule has 1 heterocycles. The van der Waals surface area contributed by atoms with Crippen molar-refractivity contribution in [3.8, 4) is 11.5 Å². The Bertz CT molecular complexity index is 783. The second kappa shape index (κ2) is 10.1. The maximum atomic E-state index is 13.0. The number of carbonyl (C=O) groups excluding carboxylic acids is 1. The monoisotopic (exact) mass is 401 g/mol. The van der Waals surface area contributed by atoms with Crippen molar-refractivity contribution < 1.29 is 18.7 Å². The molecule has 0 aromatic heterocycles. The van der Waals surface area contributed by atoms with Crippen molar-refractivity contribution in [1.29, 1.82) is 0 Å². The molecule has 0 spiro atoms. The molecule has 0 radical (unpaired) electrons. The van der Waals surface area contributed by atoms with E-state index in [0.717, 1.165) is 38.0 Å². The van der Waals surface area contributed by atoms with Crippen LogP contribution >= 0.6 is 0 Å². The zero-order valence-corrected chi connectivity index (χ0v) is 16.9. The first-order valence-corrected chi connectivity index (χ1v) is 9.80. The Kier molecular flexibility index (Phi) is 7.30. The Morgan fingerprint density at radius 1 is 1.07 bits per heavy atom. The van der Waals surface area contributed by atoms with Crippen LogP contribution in [0.1, 0.15) is 18.4 Å². The molecule has 29 heavy (non-hydrogen) atoms. The average Bonchev–Trinajstić information content (AvgIpc) is 2.74. The fourth-order valence-corrected chi connectivity index (χ4v) is 3.49. The molecule has 2 aromatic rings. The Morgan fingerprint density at radius 3 is 2.28 bits per heavy atom. The number of carbonyl (C=O) groups is 1. The van der Waals surface area contributed by atoms with Crippen molar-refractivity contribution in [3.05, 3.63) is 53.8 Å². The van der Waals surface area contributed by atoms with Gasteiger partial charge in [0.15, 0.2) is 0 Å². The number of piperidine rings is 1. The van der Waals surface area contributed by atoms with Crippen molar-refractivity contribution in [2.24, 2.45) is 5.92 Å². The molecule has 0 aliphatic carbocycles. The quantitative estimate of drug-likeness (QED) is 0.739. The number of benzene rings is 2. The third kappa shape index (κ3) is 6.35. The number of methoxy groups -OCH3 is 2. The predicted octanol–water partition coefficient (Wildman–Crippen LogP) is 3.88. The standard InChI is InChI=1S/C22H28FN3O3/c1-28-20-11-19(12-21(13-20)29-2)25-22(27)24-14-16-7-9-26(10-8-16)15-17-3-5-18(23)6-4-17/h3-6,11-13,16H,7-10,14-15H2,1-2H3,(H2,24,25,27). The van der Waals surface area contributed by atoms with Gasteiger partial charge < -0.3 is 20.1 Å². The maximum Gasteiger partial charge on any atom is 0.319 e. The van der Waals surface area contributed by atoms with Gasteiger partial charge in [-0.3, -0.25) is 4.90 Å². The lowest BCUT2D eigenvalue weighted by molar-refractivity contribution is 0.175. The molecule has 7 heteroatoms. The predicted molar refractivity (Wildman–Crippen MR) is 111 cm³/mol. The van der Waals surface area contributed by atoms with Gasteiger partial charge in [-0.2, -0.15) is 0 Å². The van der Waals surface area contributed by atoms with Crippen molar-refractivity contribution in [1.82, 2.24) is 10.2 Å². The molecule has 1 saturated heterocycles. The van der Waals surface area contributed by atoms with Crippen molar-refractivity contribution >= 4 is 11.7 Å². The van der Waals surface area contributed by atoms with Gasteiger partial charge in [0, 0.05) is 37.0 Å². The van der Waals surface area contributed by atoms with Crippen LogP contribution < -0.4 is 20.1 Å². The summed E-state index contributed by atoms with van der Waals surface area (Å²) in [4.78, 5) is 14.6. The van der Waals surface area contributed by atoms with Crippen LogP contribution in [0.25, 0.3) is 0 Å². The van der Waals surface area contributed by atoms with E-state index < -0.39 is 0 Å². The molecule has 0 saturated carbocycles. The molecule has 156 valence electrons. The van der Waals surface area contributed by atoms with Gasteiger partial charge in [0.05, 0.1) is 14.2 Å². The molecule has 1 aliphatic rings. The van der Waals surface area contributed by atoms with Gasteiger partial charge in [0.1, 0.15) is 17.3 Å². The highest BCUT2D eigenvalue weighted by Gasteiger charge is 2.20. The first-order valence-electron chi connectivity index (χ1n) is 9.80. The maximum absolute atomic E-state index is 13.0. The molecule has 2 N–H and O–H groups in total. The van der Waals surface area contributed by atoms with E-state index in [-0.39, 0.29) is 11.8 Å². The molecule has 2 amide bonds. The molecule has 0 unspecified atom stereocenters. The number of amides is 2. The molecule has 6 nitrogen and oxygen atoms in total. The van der Waals surface area contributed by atoms with Crippen molar-refractivity contribution in [2.75, 3.05) is 39.2 Å². The number of nitrogens with one attached hydrogen (secondary N) is 2. The summed E-state index contributed by atoms with van der Waals surface area (Å²) >= 11 is 0. The van der Waals surface area contributed by atoms with E-state index in [1.54, 1.807) is 32.4 Å². The van der Waals surface area contributed by atoms with Crippen molar-refractivity contribution in [2.45, 2.75) is 19.4 Å². The summed E-state index contributed by atoms with van der Waals surface area (Å²) in [6.07, 6.45) is 2.04. The van der Waals surface area contributed by atoms with Crippen LogP contribution in [0.5, 0.6) is 11.5 Å². The minimum atomic E-state index is -0.242. The molecule has 1 aliphatic heterocycles. The second-order valence-electron chi connectivity index (χ2n) is 7.28. The minimum absolute atomic E-state index is 0.204. The zero-order valence-electron chi connectivity index (χ0n) is 16.9. The lowest BCUT2D eigenvalue weighted by Crippen LogP contribution is -2.39. The van der Waals surface area contributed by atoms with Gasteiger partial charge in [-0.15, -0.1) is 0 Å². The molecule has 0 atom stereocenters. The molecule has 1 fully saturated rings. The molecule has 0 bridgehead atoms. The van der Waals surface area contributed by atoms with E-state index in [4.69, 9.17) is 9.47 Å². The van der Waals surface area contributed by atoms with Crippen molar-refractivity contribution in [3.63, 3.8) is 0 Å². The SMILES string of the molecule is COc1cc(NC(=O)NCC2CCN(Cc3ccc(F)cc3)CC2)cc(OC)c1. The largest absolute Gasteiger partial charge is 0.497 e. The Hall–Kier alpha value is -2.80. The van der Waals surface area contributed by atoms with E-state index in [0.29, 0.717) is 29.6 Å². The summed E-state index contributed by atoms with van der Waals surface area (Å²) < 4.78 is 23.4. The van der Waals surface area contributed by atoms with E-state index in [1.807, 2.05) is 12.1 Å². The number of hydrogen-bond acceptors (Lipinski definition) is 4. The number of likely N-dealkylation sites (tertiary alicyclic amines) is 1. The first-order chi connectivity index (χ1) is 14.1.